The standard InChI is InChI=1S/C25H22N2O2S.BrH/c1-17-8-10-20(12-18(17)2)22-15-30-25(26-21-6-4-3-5-7-21)27(22)14-19-9-11-23-24(13-19)29-16-28-23;/h3-13,15H,14,16H2,1-2H3;1H. The first-order chi connectivity index (χ1) is 14.7. The second-order valence-corrected chi connectivity index (χ2v) is 8.26. The van der Waals surface area contributed by atoms with Crippen LogP contribution in [-0.4, -0.2) is 11.4 Å². The molecule has 0 N–H and O–H groups in total. The molecule has 31 heavy (non-hydrogen) atoms. The minimum atomic E-state index is 0. The van der Waals surface area contributed by atoms with E-state index in [1.165, 1.54) is 16.7 Å². The van der Waals surface area contributed by atoms with Crippen molar-refractivity contribution in [3.63, 3.8) is 0 Å². The van der Waals surface area contributed by atoms with Gasteiger partial charge in [-0.2, -0.15) is 0 Å². The van der Waals surface area contributed by atoms with E-state index in [1.54, 1.807) is 11.3 Å². The van der Waals surface area contributed by atoms with Gasteiger partial charge in [-0.3, -0.25) is 0 Å². The molecule has 4 aromatic rings. The first-order valence-electron chi connectivity index (χ1n) is 9.92. The van der Waals surface area contributed by atoms with E-state index in [1.807, 2.05) is 36.4 Å². The third-order valence-corrected chi connectivity index (χ3v) is 6.22. The fraction of sp³-hybridized carbons (Fsp3) is 0.160. The van der Waals surface area contributed by atoms with E-state index in [0.29, 0.717) is 6.54 Å². The van der Waals surface area contributed by atoms with Crippen LogP contribution >= 0.6 is 28.3 Å². The van der Waals surface area contributed by atoms with Crippen molar-refractivity contribution < 1.29 is 9.47 Å². The Balaban J connectivity index is 0.00000231. The molecule has 0 bridgehead atoms. The molecule has 0 fully saturated rings. The van der Waals surface area contributed by atoms with Crippen molar-refractivity contribution in [2.45, 2.75) is 20.4 Å². The smallest absolute Gasteiger partial charge is 0.231 e. The van der Waals surface area contributed by atoms with Crippen molar-refractivity contribution in [3.05, 3.63) is 93.6 Å². The molecule has 158 valence electrons. The van der Waals surface area contributed by atoms with E-state index in [2.05, 4.69) is 54.1 Å². The molecule has 0 amide bonds. The lowest BCUT2D eigenvalue weighted by atomic mass is 10.0. The summed E-state index contributed by atoms with van der Waals surface area (Å²) >= 11 is 1.66. The van der Waals surface area contributed by atoms with Gasteiger partial charge in [-0.25, -0.2) is 4.99 Å². The minimum Gasteiger partial charge on any atom is -0.454 e. The fourth-order valence-electron chi connectivity index (χ4n) is 3.54. The van der Waals surface area contributed by atoms with Crippen LogP contribution in [0.1, 0.15) is 16.7 Å². The second kappa shape index (κ2) is 9.12. The van der Waals surface area contributed by atoms with Gasteiger partial charge in [-0.15, -0.1) is 28.3 Å². The van der Waals surface area contributed by atoms with Crippen molar-refractivity contribution in [1.82, 2.24) is 4.57 Å². The Labute approximate surface area is 196 Å². The van der Waals surface area contributed by atoms with Gasteiger partial charge in [0.05, 0.1) is 17.9 Å². The van der Waals surface area contributed by atoms with Crippen LogP contribution in [0.15, 0.2) is 77.1 Å². The van der Waals surface area contributed by atoms with Gasteiger partial charge in [-0.05, 0) is 66.4 Å². The molecule has 0 spiro atoms. The number of nitrogens with zero attached hydrogens (tertiary/aromatic N) is 2. The van der Waals surface area contributed by atoms with Crippen LogP contribution in [0.2, 0.25) is 0 Å². The van der Waals surface area contributed by atoms with Crippen LogP contribution in [0.4, 0.5) is 5.69 Å². The number of aryl methyl sites for hydroxylation is 2. The second-order valence-electron chi connectivity index (χ2n) is 7.42. The summed E-state index contributed by atoms with van der Waals surface area (Å²) in [6.07, 6.45) is 0. The summed E-state index contributed by atoms with van der Waals surface area (Å²) in [5.74, 6) is 1.61. The van der Waals surface area contributed by atoms with Crippen LogP contribution in [0, 0.1) is 13.8 Å². The van der Waals surface area contributed by atoms with Crippen LogP contribution in [0.25, 0.3) is 11.3 Å². The Kier molecular flexibility index (Phi) is 6.30. The molecular weight excluding hydrogens is 472 g/mol. The summed E-state index contributed by atoms with van der Waals surface area (Å²) in [6, 6.07) is 22.8. The molecule has 0 aliphatic carbocycles. The van der Waals surface area contributed by atoms with E-state index in [9.17, 15) is 0 Å². The number of fused-ring (bicyclic) bond motifs is 1. The third kappa shape index (κ3) is 4.45. The summed E-state index contributed by atoms with van der Waals surface area (Å²) in [6.45, 7) is 5.28. The predicted octanol–water partition coefficient (Wildman–Crippen LogP) is 6.42. The first kappa shape index (κ1) is 21.4. The van der Waals surface area contributed by atoms with Gasteiger partial charge in [0.2, 0.25) is 6.79 Å². The quantitative estimate of drug-likeness (QED) is 0.328. The Morgan fingerprint density at radius 2 is 1.71 bits per heavy atom. The first-order valence-corrected chi connectivity index (χ1v) is 10.8. The summed E-state index contributed by atoms with van der Waals surface area (Å²) in [4.78, 5) is 5.89. The molecule has 6 heteroatoms. The lowest BCUT2D eigenvalue weighted by Gasteiger charge is -2.11. The average Bonchev–Trinajstić information content (AvgIpc) is 3.38. The lowest BCUT2D eigenvalue weighted by Crippen LogP contribution is -2.16. The molecule has 3 aromatic carbocycles. The number of rotatable bonds is 4. The summed E-state index contributed by atoms with van der Waals surface area (Å²) < 4.78 is 13.3. The number of aromatic nitrogens is 1. The molecule has 0 atom stereocenters. The van der Waals surface area contributed by atoms with Crippen molar-refractivity contribution in [1.29, 1.82) is 0 Å². The zero-order chi connectivity index (χ0) is 20.5. The van der Waals surface area contributed by atoms with E-state index in [0.717, 1.165) is 33.2 Å². The molecule has 2 heterocycles. The Bertz CT molecular complexity index is 1280. The monoisotopic (exact) mass is 494 g/mol. The number of benzene rings is 3. The largest absolute Gasteiger partial charge is 0.454 e. The number of para-hydroxylation sites is 1. The van der Waals surface area contributed by atoms with Crippen molar-refractivity contribution >= 4 is 34.0 Å². The van der Waals surface area contributed by atoms with E-state index >= 15 is 0 Å². The molecule has 1 aromatic heterocycles. The van der Waals surface area contributed by atoms with Gasteiger partial charge in [0.1, 0.15) is 0 Å². The number of ether oxygens (including phenoxy) is 2. The minimum absolute atomic E-state index is 0. The highest BCUT2D eigenvalue weighted by molar-refractivity contribution is 8.93. The zero-order valence-corrected chi connectivity index (χ0v) is 19.9. The maximum atomic E-state index is 5.58. The predicted molar refractivity (Wildman–Crippen MR) is 131 cm³/mol. The Morgan fingerprint density at radius 3 is 2.52 bits per heavy atom. The molecule has 4 nitrogen and oxygen atoms in total. The van der Waals surface area contributed by atoms with Crippen LogP contribution in [-0.2, 0) is 6.54 Å². The van der Waals surface area contributed by atoms with E-state index < -0.39 is 0 Å². The van der Waals surface area contributed by atoms with Crippen LogP contribution in [0.3, 0.4) is 0 Å². The summed E-state index contributed by atoms with van der Waals surface area (Å²) in [7, 11) is 0. The molecular formula is C25H23BrN2O2S. The number of hydrogen-bond acceptors (Lipinski definition) is 4. The van der Waals surface area contributed by atoms with E-state index in [4.69, 9.17) is 14.5 Å². The lowest BCUT2D eigenvalue weighted by molar-refractivity contribution is 0.174. The third-order valence-electron chi connectivity index (χ3n) is 5.36. The van der Waals surface area contributed by atoms with Gasteiger partial charge in [-0.1, -0.05) is 36.4 Å². The van der Waals surface area contributed by atoms with Crippen LogP contribution in [0.5, 0.6) is 11.5 Å². The highest BCUT2D eigenvalue weighted by Crippen LogP contribution is 2.33. The summed E-state index contributed by atoms with van der Waals surface area (Å²) in [5, 5.41) is 2.19. The normalized spacial score (nSPS) is 12.6. The van der Waals surface area contributed by atoms with Gasteiger partial charge in [0.25, 0.3) is 0 Å². The van der Waals surface area contributed by atoms with Crippen molar-refractivity contribution in [2.75, 3.05) is 6.79 Å². The highest BCUT2D eigenvalue weighted by Gasteiger charge is 2.15. The van der Waals surface area contributed by atoms with Gasteiger partial charge in [0.15, 0.2) is 16.3 Å². The molecule has 0 unspecified atom stereocenters. The zero-order valence-electron chi connectivity index (χ0n) is 17.4. The average molecular weight is 495 g/mol. The Hall–Kier alpha value is -2.83. The highest BCUT2D eigenvalue weighted by atomic mass is 79.9. The topological polar surface area (TPSA) is 35.8 Å². The van der Waals surface area contributed by atoms with Gasteiger partial charge < -0.3 is 14.0 Å². The fourth-order valence-corrected chi connectivity index (χ4v) is 4.47. The molecule has 5 rings (SSSR count). The number of thiazole rings is 1. The molecule has 0 radical (unpaired) electrons. The SMILES string of the molecule is Br.Cc1ccc(-c2csc(=Nc3ccccc3)n2Cc2ccc3c(c2)OCO3)cc1C. The van der Waals surface area contributed by atoms with Crippen LogP contribution < -0.4 is 14.3 Å². The molecule has 0 saturated heterocycles. The van der Waals surface area contributed by atoms with E-state index in [-0.39, 0.29) is 23.8 Å². The van der Waals surface area contributed by atoms with Gasteiger partial charge >= 0.3 is 0 Å². The summed E-state index contributed by atoms with van der Waals surface area (Å²) in [5.41, 5.74) is 7.04. The molecule has 1 aliphatic rings. The number of hydrogen-bond donors (Lipinski definition) is 0. The molecule has 0 saturated carbocycles. The molecule has 1 aliphatic heterocycles. The van der Waals surface area contributed by atoms with Crippen molar-refractivity contribution in [2.24, 2.45) is 4.99 Å². The van der Waals surface area contributed by atoms with Crippen molar-refractivity contribution in [3.8, 4) is 22.8 Å². The Morgan fingerprint density at radius 1 is 0.903 bits per heavy atom. The van der Waals surface area contributed by atoms with Gasteiger partial charge in [0, 0.05) is 5.38 Å². The number of halogens is 1. The maximum absolute atomic E-state index is 5.58. The maximum Gasteiger partial charge on any atom is 0.231 e.